The number of amides is 1. The van der Waals surface area contributed by atoms with Crippen molar-refractivity contribution >= 4 is 21.6 Å². The number of nitrogens with zero attached hydrogens (tertiary/aromatic N) is 4. The van der Waals surface area contributed by atoms with E-state index in [0.717, 1.165) is 36.1 Å². The molecular weight excluding hydrogens is 454 g/mol. The Hall–Kier alpha value is -2.98. The number of anilines is 1. The van der Waals surface area contributed by atoms with Crippen LogP contribution in [0.4, 0.5) is 5.69 Å². The zero-order chi connectivity index (χ0) is 24.7. The molecule has 1 aliphatic rings. The Kier molecular flexibility index (Phi) is 6.39. The van der Waals surface area contributed by atoms with Crippen LogP contribution in [0.25, 0.3) is 0 Å². The van der Waals surface area contributed by atoms with Crippen molar-refractivity contribution in [2.75, 3.05) is 19.4 Å². The molecule has 0 fully saturated rings. The summed E-state index contributed by atoms with van der Waals surface area (Å²) in [4.78, 5) is 13.2. The highest BCUT2D eigenvalue weighted by atomic mass is 32.2. The van der Waals surface area contributed by atoms with Gasteiger partial charge in [-0.3, -0.25) is 9.48 Å². The number of hydrogen-bond donors (Lipinski definition) is 1. The number of benzene rings is 1. The van der Waals surface area contributed by atoms with Crippen LogP contribution < -0.4 is 5.32 Å². The number of aromatic nitrogens is 3. The number of fused-ring (bicyclic) bond motifs is 1. The van der Waals surface area contributed by atoms with E-state index >= 15 is 0 Å². The second-order valence-electron chi connectivity index (χ2n) is 10.1. The maximum atomic E-state index is 12.9. The summed E-state index contributed by atoms with van der Waals surface area (Å²) >= 11 is 0. The van der Waals surface area contributed by atoms with E-state index in [4.69, 9.17) is 4.52 Å². The van der Waals surface area contributed by atoms with Crippen molar-refractivity contribution < 1.29 is 17.7 Å². The Morgan fingerprint density at radius 2 is 1.94 bits per heavy atom. The third kappa shape index (κ3) is 4.92. The number of rotatable bonds is 6. The van der Waals surface area contributed by atoms with Gasteiger partial charge in [0.1, 0.15) is 5.76 Å². The molecule has 4 rings (SSSR count). The minimum Gasteiger partial charge on any atom is -0.360 e. The first-order valence-electron chi connectivity index (χ1n) is 11.3. The first-order valence-corrected chi connectivity index (χ1v) is 12.7. The van der Waals surface area contributed by atoms with Crippen LogP contribution in [0.1, 0.15) is 54.6 Å². The summed E-state index contributed by atoms with van der Waals surface area (Å²) in [5.41, 5.74) is 2.84. The molecule has 3 aromatic rings. The number of nitrogens with one attached hydrogen (secondary N) is 1. The van der Waals surface area contributed by atoms with Gasteiger partial charge in [0, 0.05) is 32.3 Å². The number of aryl methyl sites for hydroxylation is 1. The van der Waals surface area contributed by atoms with Crippen molar-refractivity contribution in [1.82, 2.24) is 19.2 Å². The Labute approximate surface area is 200 Å². The number of carbonyl (C=O) groups is 1. The lowest BCUT2D eigenvalue weighted by molar-refractivity contribution is 0.101. The Morgan fingerprint density at radius 1 is 1.24 bits per heavy atom. The Bertz CT molecular complexity index is 1280. The summed E-state index contributed by atoms with van der Waals surface area (Å²) < 4.78 is 32.8. The van der Waals surface area contributed by atoms with Gasteiger partial charge in [0.15, 0.2) is 5.69 Å². The van der Waals surface area contributed by atoms with Crippen LogP contribution in [0, 0.1) is 11.3 Å². The molecule has 1 unspecified atom stereocenters. The molecule has 1 amide bonds. The number of sulfonamides is 1. The molecular formula is C24H31N5O4S. The van der Waals surface area contributed by atoms with E-state index < -0.39 is 10.0 Å². The lowest BCUT2D eigenvalue weighted by atomic mass is 9.71. The van der Waals surface area contributed by atoms with Crippen LogP contribution in [0.3, 0.4) is 0 Å². The molecule has 2 aromatic heterocycles. The zero-order valence-electron chi connectivity index (χ0n) is 20.2. The second kappa shape index (κ2) is 8.99. The molecule has 10 heteroatoms. The van der Waals surface area contributed by atoms with Gasteiger partial charge in [-0.25, -0.2) is 12.7 Å². The highest BCUT2D eigenvalue weighted by molar-refractivity contribution is 7.89. The highest BCUT2D eigenvalue weighted by Crippen LogP contribution is 2.38. The van der Waals surface area contributed by atoms with Crippen LogP contribution in [0.15, 0.2) is 46.1 Å². The Balaban J connectivity index is 1.42. The average Bonchev–Trinajstić information content (AvgIpc) is 3.39. The van der Waals surface area contributed by atoms with Gasteiger partial charge in [0.2, 0.25) is 10.0 Å². The van der Waals surface area contributed by atoms with Crippen LogP contribution in [-0.2, 0) is 29.4 Å². The number of carbonyl (C=O) groups excluding carboxylic acids is 1. The molecule has 9 nitrogen and oxygen atoms in total. The molecule has 0 bridgehead atoms. The monoisotopic (exact) mass is 485 g/mol. The molecule has 0 aliphatic heterocycles. The summed E-state index contributed by atoms with van der Waals surface area (Å²) in [6.45, 7) is 7.10. The van der Waals surface area contributed by atoms with Gasteiger partial charge in [-0.1, -0.05) is 38.1 Å². The molecule has 0 saturated carbocycles. The van der Waals surface area contributed by atoms with Crippen molar-refractivity contribution in [2.24, 2.45) is 11.3 Å². The first-order chi connectivity index (χ1) is 15.9. The maximum Gasteiger partial charge on any atom is 0.278 e. The fraction of sp³-hybridized carbons (Fsp3) is 0.458. The molecule has 0 radical (unpaired) electrons. The third-order valence-electron chi connectivity index (χ3n) is 6.42. The topological polar surface area (TPSA) is 110 Å². The average molecular weight is 486 g/mol. The SMILES string of the molecule is CN(C)S(=O)(=O)c1ccc(Cn2cc(NC(=O)c3noc4c3CC(C(C)(C)C)CC4)cn2)cc1. The normalized spacial score (nSPS) is 16.5. The van der Waals surface area contributed by atoms with E-state index in [0.29, 0.717) is 23.8 Å². The first kappa shape index (κ1) is 24.2. The largest absolute Gasteiger partial charge is 0.360 e. The lowest BCUT2D eigenvalue weighted by Crippen LogP contribution is -2.27. The molecule has 1 atom stereocenters. The zero-order valence-corrected chi connectivity index (χ0v) is 21.0. The smallest absolute Gasteiger partial charge is 0.278 e. The molecule has 1 aromatic carbocycles. The highest BCUT2D eigenvalue weighted by Gasteiger charge is 2.34. The van der Waals surface area contributed by atoms with E-state index in [1.807, 2.05) is 0 Å². The van der Waals surface area contributed by atoms with Crippen LogP contribution in [0.2, 0.25) is 0 Å². The van der Waals surface area contributed by atoms with E-state index in [1.54, 1.807) is 41.3 Å². The van der Waals surface area contributed by atoms with Crippen molar-refractivity contribution in [2.45, 2.75) is 51.5 Å². The lowest BCUT2D eigenvalue weighted by Gasteiger charge is -2.33. The summed E-state index contributed by atoms with van der Waals surface area (Å²) in [5.74, 6) is 0.964. The van der Waals surface area contributed by atoms with Gasteiger partial charge in [-0.05, 0) is 41.9 Å². The fourth-order valence-electron chi connectivity index (χ4n) is 4.19. The minimum atomic E-state index is -3.47. The van der Waals surface area contributed by atoms with Crippen molar-refractivity contribution in [3.63, 3.8) is 0 Å². The van der Waals surface area contributed by atoms with Gasteiger partial charge in [-0.15, -0.1) is 0 Å². The van der Waals surface area contributed by atoms with Crippen LogP contribution >= 0.6 is 0 Å². The van der Waals surface area contributed by atoms with Gasteiger partial charge in [0.05, 0.1) is 23.3 Å². The maximum absolute atomic E-state index is 12.9. The van der Waals surface area contributed by atoms with E-state index in [-0.39, 0.29) is 16.2 Å². The summed E-state index contributed by atoms with van der Waals surface area (Å²) in [5, 5.41) is 11.2. The minimum absolute atomic E-state index is 0.151. The van der Waals surface area contributed by atoms with Gasteiger partial charge >= 0.3 is 0 Å². The van der Waals surface area contributed by atoms with Gasteiger partial charge in [-0.2, -0.15) is 5.10 Å². The van der Waals surface area contributed by atoms with Gasteiger partial charge < -0.3 is 9.84 Å². The molecule has 1 aliphatic carbocycles. The van der Waals surface area contributed by atoms with Crippen LogP contribution in [0.5, 0.6) is 0 Å². The standard InChI is InChI=1S/C24H31N5O4S/c1-24(2,3)17-8-11-21-20(12-17)22(27-33-21)23(30)26-18-13-25-29(15-18)14-16-6-9-19(10-7-16)34(31,32)28(4)5/h6-7,9-10,13,15,17H,8,11-12,14H2,1-5H3,(H,26,30). The van der Waals surface area contributed by atoms with Gasteiger partial charge in [0.25, 0.3) is 5.91 Å². The fourth-order valence-corrected chi connectivity index (χ4v) is 5.09. The Morgan fingerprint density at radius 3 is 2.59 bits per heavy atom. The quantitative estimate of drug-likeness (QED) is 0.571. The van der Waals surface area contributed by atoms with Crippen LogP contribution in [-0.4, -0.2) is 47.7 Å². The molecule has 1 N–H and O–H groups in total. The molecule has 34 heavy (non-hydrogen) atoms. The molecule has 182 valence electrons. The summed E-state index contributed by atoms with van der Waals surface area (Å²) in [7, 11) is -0.465. The van der Waals surface area contributed by atoms with Crippen molar-refractivity contribution in [3.8, 4) is 0 Å². The molecule has 0 saturated heterocycles. The van der Waals surface area contributed by atoms with Crippen molar-refractivity contribution in [1.29, 1.82) is 0 Å². The summed E-state index contributed by atoms with van der Waals surface area (Å²) in [6, 6.07) is 6.66. The van der Waals surface area contributed by atoms with E-state index in [2.05, 4.69) is 36.3 Å². The predicted molar refractivity (Wildman–Crippen MR) is 128 cm³/mol. The predicted octanol–water partition coefficient (Wildman–Crippen LogP) is 3.57. The van der Waals surface area contributed by atoms with E-state index in [1.165, 1.54) is 18.4 Å². The molecule has 0 spiro atoms. The molecule has 2 heterocycles. The summed E-state index contributed by atoms with van der Waals surface area (Å²) in [6.07, 6.45) is 5.91. The number of hydrogen-bond acceptors (Lipinski definition) is 6. The second-order valence-corrected chi connectivity index (χ2v) is 12.2. The van der Waals surface area contributed by atoms with E-state index in [9.17, 15) is 13.2 Å². The third-order valence-corrected chi connectivity index (χ3v) is 8.25. The van der Waals surface area contributed by atoms with Crippen molar-refractivity contribution in [3.05, 3.63) is 59.2 Å².